The Bertz CT molecular complexity index is 1780. The largest absolute Gasteiger partial charge is 0.298 e. The van der Waals surface area contributed by atoms with Crippen molar-refractivity contribution in [2.45, 2.75) is 32.6 Å². The van der Waals surface area contributed by atoms with Crippen molar-refractivity contribution in [2.75, 3.05) is 18.4 Å². The summed E-state index contributed by atoms with van der Waals surface area (Å²) in [5.41, 5.74) is 0.171. The van der Waals surface area contributed by atoms with Gasteiger partial charge < -0.3 is 0 Å². The lowest BCUT2D eigenvalue weighted by molar-refractivity contribution is -0.384. The average Bonchev–Trinajstić information content (AvgIpc) is 3.33. The van der Waals surface area contributed by atoms with Gasteiger partial charge in [0.2, 0.25) is 10.0 Å². The minimum atomic E-state index is -3.76. The Hall–Kier alpha value is -3.71. The molecule has 0 saturated heterocycles. The van der Waals surface area contributed by atoms with E-state index in [0.29, 0.717) is 23.3 Å². The Kier molecular flexibility index (Phi) is 9.41. The summed E-state index contributed by atoms with van der Waals surface area (Å²) in [7, 11) is -3.76. The number of anilines is 1. The lowest BCUT2D eigenvalue weighted by Gasteiger charge is -2.25. The first-order valence-electron chi connectivity index (χ1n) is 13.1. The molecule has 0 aliphatic rings. The monoisotopic (exact) mass is 628 g/mol. The summed E-state index contributed by atoms with van der Waals surface area (Å²) in [6, 6.07) is 14.4. The molecule has 3 aromatic carbocycles. The number of halogens is 1. The molecule has 0 aliphatic heterocycles. The van der Waals surface area contributed by atoms with Crippen LogP contribution in [0.3, 0.4) is 0 Å². The second-order valence-electron chi connectivity index (χ2n) is 10.5. The molecule has 0 spiro atoms. The molecule has 1 heterocycles. The number of nitrogens with one attached hydrogen (secondary N) is 1. The number of nitrogens with zero attached hydrogens (tertiary/aromatic N) is 3. The highest BCUT2D eigenvalue weighted by atomic mass is 35.5. The molecule has 0 atom stereocenters. The highest BCUT2D eigenvalue weighted by molar-refractivity contribution is 7.89. The Morgan fingerprint density at radius 2 is 1.64 bits per heavy atom. The predicted molar refractivity (Wildman–Crippen MR) is 164 cm³/mol. The molecular formula is C29H29ClN4O6S2. The van der Waals surface area contributed by atoms with Crippen molar-refractivity contribution < 1.29 is 22.9 Å². The van der Waals surface area contributed by atoms with Gasteiger partial charge in [-0.1, -0.05) is 68.8 Å². The van der Waals surface area contributed by atoms with Crippen LogP contribution < -0.4 is 5.32 Å². The summed E-state index contributed by atoms with van der Waals surface area (Å²) in [4.78, 5) is 41.7. The smallest absolute Gasteiger partial charge is 0.288 e. The molecule has 42 heavy (non-hydrogen) atoms. The van der Waals surface area contributed by atoms with Gasteiger partial charge in [0.25, 0.3) is 11.6 Å². The number of sulfonamides is 1. The number of carbonyl (C=O) groups excluding carboxylic acids is 2. The summed E-state index contributed by atoms with van der Waals surface area (Å²) in [5, 5.41) is 14.1. The van der Waals surface area contributed by atoms with Crippen LogP contribution in [0.5, 0.6) is 0 Å². The van der Waals surface area contributed by atoms with Gasteiger partial charge in [0, 0.05) is 30.3 Å². The summed E-state index contributed by atoms with van der Waals surface area (Å²) < 4.78 is 29.0. The van der Waals surface area contributed by atoms with Crippen LogP contribution in [0.15, 0.2) is 65.6 Å². The van der Waals surface area contributed by atoms with Crippen LogP contribution in [0.25, 0.3) is 10.2 Å². The number of ketones is 1. The van der Waals surface area contributed by atoms with Crippen LogP contribution in [0.1, 0.15) is 54.0 Å². The zero-order valence-electron chi connectivity index (χ0n) is 23.3. The third-order valence-corrected chi connectivity index (χ3v) is 9.26. The topological polar surface area (TPSA) is 140 Å². The first-order valence-corrected chi connectivity index (χ1v) is 15.7. The highest BCUT2D eigenvalue weighted by Gasteiger charge is 2.27. The zero-order chi connectivity index (χ0) is 30.8. The molecule has 220 valence electrons. The SMILES string of the molecule is CC(C)CN(CC(C)C)S(=O)(=O)c1ccc2nc(NC(=O)c3ccccc3C(=O)c3ccc(Cl)c([N+](=O)[O-])c3)sc2c1. The van der Waals surface area contributed by atoms with E-state index >= 15 is 0 Å². The van der Waals surface area contributed by atoms with E-state index in [4.69, 9.17) is 11.6 Å². The number of amides is 1. The van der Waals surface area contributed by atoms with Crippen molar-refractivity contribution in [1.82, 2.24) is 9.29 Å². The van der Waals surface area contributed by atoms with E-state index in [1.807, 2.05) is 27.7 Å². The standard InChI is InChI=1S/C29H29ClN4O6S2/c1-17(2)15-33(16-18(3)4)42(39,40)20-10-12-24-26(14-20)41-29(31-24)32-28(36)22-8-6-5-7-21(22)27(35)19-9-11-23(30)25(13-19)34(37)38/h5-14,17-18H,15-16H2,1-4H3,(H,31,32,36). The van der Waals surface area contributed by atoms with Gasteiger partial charge in [0.15, 0.2) is 10.9 Å². The van der Waals surface area contributed by atoms with Crippen LogP contribution in [0.4, 0.5) is 10.8 Å². The quantitative estimate of drug-likeness (QED) is 0.111. The first kappa shape index (κ1) is 31.2. The lowest BCUT2D eigenvalue weighted by Crippen LogP contribution is -2.37. The number of benzene rings is 3. The van der Waals surface area contributed by atoms with Gasteiger partial charge in [-0.2, -0.15) is 4.31 Å². The van der Waals surface area contributed by atoms with Gasteiger partial charge >= 0.3 is 0 Å². The Labute approximate surface area is 252 Å². The number of rotatable bonds is 11. The van der Waals surface area contributed by atoms with Crippen LogP contribution >= 0.6 is 22.9 Å². The molecule has 10 nitrogen and oxygen atoms in total. The van der Waals surface area contributed by atoms with E-state index in [1.165, 1.54) is 34.6 Å². The number of fused-ring (bicyclic) bond motifs is 1. The molecule has 4 rings (SSSR count). The molecule has 13 heteroatoms. The van der Waals surface area contributed by atoms with E-state index in [1.54, 1.807) is 24.3 Å². The van der Waals surface area contributed by atoms with Crippen LogP contribution in [-0.2, 0) is 10.0 Å². The molecule has 4 aromatic rings. The van der Waals surface area contributed by atoms with Crippen molar-refractivity contribution in [3.63, 3.8) is 0 Å². The molecule has 0 aliphatic carbocycles. The number of nitro groups is 1. The Morgan fingerprint density at radius 1 is 1.00 bits per heavy atom. The van der Waals surface area contributed by atoms with Gasteiger partial charge in [-0.15, -0.1) is 0 Å². The molecule has 1 aromatic heterocycles. The molecule has 1 N–H and O–H groups in total. The zero-order valence-corrected chi connectivity index (χ0v) is 25.7. The minimum Gasteiger partial charge on any atom is -0.298 e. The van der Waals surface area contributed by atoms with Gasteiger partial charge in [0.05, 0.1) is 25.6 Å². The Balaban J connectivity index is 1.61. The van der Waals surface area contributed by atoms with E-state index in [9.17, 15) is 28.1 Å². The molecule has 0 saturated carbocycles. The number of carbonyl (C=O) groups is 2. The Morgan fingerprint density at radius 3 is 2.26 bits per heavy atom. The third-order valence-electron chi connectivity index (χ3n) is 6.18. The molecule has 0 radical (unpaired) electrons. The van der Waals surface area contributed by atoms with Crippen molar-refractivity contribution >= 4 is 65.7 Å². The van der Waals surface area contributed by atoms with Crippen LogP contribution in [0, 0.1) is 22.0 Å². The maximum absolute atomic E-state index is 13.5. The number of hydrogen-bond donors (Lipinski definition) is 1. The van der Waals surface area contributed by atoms with Crippen molar-refractivity contribution in [3.05, 3.63) is 92.5 Å². The molecule has 0 bridgehead atoms. The summed E-state index contributed by atoms with van der Waals surface area (Å²) in [6.45, 7) is 8.66. The van der Waals surface area contributed by atoms with Gasteiger partial charge in [-0.3, -0.25) is 25.0 Å². The first-order chi connectivity index (χ1) is 19.8. The second kappa shape index (κ2) is 12.7. The fraction of sp³-hybridized carbons (Fsp3) is 0.276. The third kappa shape index (κ3) is 6.84. The molecule has 0 fully saturated rings. The minimum absolute atomic E-state index is 0.00375. The maximum Gasteiger partial charge on any atom is 0.288 e. The van der Waals surface area contributed by atoms with Crippen molar-refractivity contribution in [2.24, 2.45) is 11.8 Å². The number of thiazole rings is 1. The van der Waals surface area contributed by atoms with Gasteiger partial charge in [-0.25, -0.2) is 13.4 Å². The lowest BCUT2D eigenvalue weighted by atomic mass is 9.97. The van der Waals surface area contributed by atoms with Crippen LogP contribution in [0.2, 0.25) is 5.02 Å². The molecule has 1 amide bonds. The number of aromatic nitrogens is 1. The predicted octanol–water partition coefficient (Wildman–Crippen LogP) is 6.64. The summed E-state index contributed by atoms with van der Waals surface area (Å²) in [6.07, 6.45) is 0. The van der Waals surface area contributed by atoms with Gasteiger partial charge in [-0.05, 0) is 48.2 Å². The van der Waals surface area contributed by atoms with E-state index in [0.717, 1.165) is 17.4 Å². The number of hydrogen-bond acceptors (Lipinski definition) is 8. The van der Waals surface area contributed by atoms with Crippen LogP contribution in [-0.4, -0.2) is 47.4 Å². The summed E-state index contributed by atoms with van der Waals surface area (Å²) in [5.74, 6) is -0.907. The fourth-order valence-corrected chi connectivity index (χ4v) is 7.30. The highest BCUT2D eigenvalue weighted by Crippen LogP contribution is 2.31. The molecule has 0 unspecified atom stereocenters. The maximum atomic E-state index is 13.5. The normalized spacial score (nSPS) is 11.9. The van der Waals surface area contributed by atoms with Crippen molar-refractivity contribution in [3.8, 4) is 0 Å². The second-order valence-corrected chi connectivity index (χ2v) is 13.9. The fourth-order valence-electron chi connectivity index (χ4n) is 4.35. The number of nitro benzene ring substituents is 1. The van der Waals surface area contributed by atoms with Gasteiger partial charge in [0.1, 0.15) is 5.02 Å². The van der Waals surface area contributed by atoms with E-state index in [2.05, 4.69) is 10.3 Å². The van der Waals surface area contributed by atoms with E-state index in [-0.39, 0.29) is 43.6 Å². The average molecular weight is 629 g/mol. The van der Waals surface area contributed by atoms with Crippen molar-refractivity contribution in [1.29, 1.82) is 0 Å². The molecular weight excluding hydrogens is 600 g/mol. The summed E-state index contributed by atoms with van der Waals surface area (Å²) >= 11 is 6.99. The van der Waals surface area contributed by atoms with E-state index < -0.39 is 32.3 Å².